The van der Waals surface area contributed by atoms with Gasteiger partial charge in [-0.25, -0.2) is 9.97 Å². The Hall–Kier alpha value is -2.22. The SMILES string of the molecule is CC(=O)NCCNC(=O)CN1CCN(c2ncccn2)CC1. The van der Waals surface area contributed by atoms with Crippen LogP contribution in [0.5, 0.6) is 0 Å². The maximum Gasteiger partial charge on any atom is 0.234 e. The molecule has 1 fully saturated rings. The lowest BCUT2D eigenvalue weighted by Crippen LogP contribution is -2.50. The Labute approximate surface area is 129 Å². The predicted molar refractivity (Wildman–Crippen MR) is 82.4 cm³/mol. The number of carbonyl (C=O) groups is 2. The summed E-state index contributed by atoms with van der Waals surface area (Å²) < 4.78 is 0. The lowest BCUT2D eigenvalue weighted by molar-refractivity contribution is -0.123. The number of hydrogen-bond acceptors (Lipinski definition) is 6. The van der Waals surface area contributed by atoms with E-state index >= 15 is 0 Å². The maximum absolute atomic E-state index is 11.8. The Morgan fingerprint density at radius 1 is 1.09 bits per heavy atom. The van der Waals surface area contributed by atoms with Crippen LogP contribution in [0.15, 0.2) is 18.5 Å². The Bertz CT molecular complexity index is 487. The number of aromatic nitrogens is 2. The van der Waals surface area contributed by atoms with E-state index < -0.39 is 0 Å². The van der Waals surface area contributed by atoms with Crippen molar-refractivity contribution in [1.29, 1.82) is 0 Å². The van der Waals surface area contributed by atoms with Crippen molar-refractivity contribution in [2.75, 3.05) is 50.7 Å². The highest BCUT2D eigenvalue weighted by Crippen LogP contribution is 2.09. The number of anilines is 1. The summed E-state index contributed by atoms with van der Waals surface area (Å²) in [6, 6.07) is 1.80. The molecule has 0 unspecified atom stereocenters. The fourth-order valence-electron chi connectivity index (χ4n) is 2.26. The lowest BCUT2D eigenvalue weighted by Gasteiger charge is -2.34. The minimum Gasteiger partial charge on any atom is -0.355 e. The van der Waals surface area contributed by atoms with Gasteiger partial charge in [-0.1, -0.05) is 0 Å². The summed E-state index contributed by atoms with van der Waals surface area (Å²) in [6.45, 7) is 5.97. The van der Waals surface area contributed by atoms with Crippen LogP contribution in [0, 0.1) is 0 Å². The number of nitrogens with zero attached hydrogens (tertiary/aromatic N) is 4. The fraction of sp³-hybridized carbons (Fsp3) is 0.571. The highest BCUT2D eigenvalue weighted by Gasteiger charge is 2.20. The van der Waals surface area contributed by atoms with E-state index in [0.717, 1.165) is 32.1 Å². The van der Waals surface area contributed by atoms with Gasteiger partial charge in [0.25, 0.3) is 0 Å². The van der Waals surface area contributed by atoms with Crippen molar-refractivity contribution in [2.24, 2.45) is 0 Å². The smallest absolute Gasteiger partial charge is 0.234 e. The van der Waals surface area contributed by atoms with Crippen LogP contribution in [-0.2, 0) is 9.59 Å². The summed E-state index contributed by atoms with van der Waals surface area (Å²) in [4.78, 5) is 35.2. The van der Waals surface area contributed by atoms with Gasteiger partial charge in [0.15, 0.2) is 0 Å². The average Bonchev–Trinajstić information content (AvgIpc) is 2.53. The fourth-order valence-corrected chi connectivity index (χ4v) is 2.26. The van der Waals surface area contributed by atoms with Crippen molar-refractivity contribution in [3.05, 3.63) is 18.5 Å². The number of piperazine rings is 1. The molecule has 0 saturated carbocycles. The maximum atomic E-state index is 11.8. The third-order valence-electron chi connectivity index (χ3n) is 3.40. The lowest BCUT2D eigenvalue weighted by atomic mass is 10.3. The number of hydrogen-bond donors (Lipinski definition) is 2. The second-order valence-corrected chi connectivity index (χ2v) is 5.14. The first-order valence-electron chi connectivity index (χ1n) is 7.40. The molecule has 2 heterocycles. The zero-order valence-corrected chi connectivity index (χ0v) is 12.8. The van der Waals surface area contributed by atoms with Gasteiger partial charge < -0.3 is 15.5 Å². The molecule has 0 aromatic carbocycles. The van der Waals surface area contributed by atoms with Crippen LogP contribution in [0.25, 0.3) is 0 Å². The second kappa shape index (κ2) is 8.28. The van der Waals surface area contributed by atoms with Crippen molar-refractivity contribution in [3.63, 3.8) is 0 Å². The van der Waals surface area contributed by atoms with Gasteiger partial charge in [0.2, 0.25) is 17.8 Å². The Morgan fingerprint density at radius 3 is 2.36 bits per heavy atom. The van der Waals surface area contributed by atoms with Gasteiger partial charge in [-0.3, -0.25) is 14.5 Å². The third-order valence-corrected chi connectivity index (χ3v) is 3.40. The number of carbonyl (C=O) groups excluding carboxylic acids is 2. The third kappa shape index (κ3) is 5.28. The van der Waals surface area contributed by atoms with Crippen molar-refractivity contribution < 1.29 is 9.59 Å². The van der Waals surface area contributed by atoms with E-state index in [0.29, 0.717) is 19.6 Å². The van der Waals surface area contributed by atoms with Gasteiger partial charge in [-0.15, -0.1) is 0 Å². The first-order chi connectivity index (χ1) is 10.6. The quantitative estimate of drug-likeness (QED) is 0.645. The summed E-state index contributed by atoms with van der Waals surface area (Å²) >= 11 is 0. The zero-order chi connectivity index (χ0) is 15.8. The van der Waals surface area contributed by atoms with E-state index in [1.807, 2.05) is 0 Å². The van der Waals surface area contributed by atoms with E-state index in [1.54, 1.807) is 18.5 Å². The average molecular weight is 306 g/mol. The molecule has 2 N–H and O–H groups in total. The van der Waals surface area contributed by atoms with Crippen LogP contribution in [0.4, 0.5) is 5.95 Å². The first-order valence-corrected chi connectivity index (χ1v) is 7.40. The summed E-state index contributed by atoms with van der Waals surface area (Å²) in [7, 11) is 0. The minimum atomic E-state index is -0.0894. The topological polar surface area (TPSA) is 90.5 Å². The summed E-state index contributed by atoms with van der Waals surface area (Å²) in [5, 5.41) is 5.44. The molecule has 120 valence electrons. The molecule has 0 spiro atoms. The van der Waals surface area contributed by atoms with E-state index in [4.69, 9.17) is 0 Å². The minimum absolute atomic E-state index is 0.0187. The molecule has 0 aliphatic carbocycles. The molecule has 0 bridgehead atoms. The monoisotopic (exact) mass is 306 g/mol. The second-order valence-electron chi connectivity index (χ2n) is 5.14. The number of nitrogens with one attached hydrogen (secondary N) is 2. The number of amides is 2. The molecule has 8 nitrogen and oxygen atoms in total. The highest BCUT2D eigenvalue weighted by atomic mass is 16.2. The molecule has 0 radical (unpaired) electrons. The summed E-state index contributed by atoms with van der Waals surface area (Å²) in [5.41, 5.74) is 0. The van der Waals surface area contributed by atoms with Crippen molar-refractivity contribution >= 4 is 17.8 Å². The highest BCUT2D eigenvalue weighted by molar-refractivity contribution is 5.78. The van der Waals surface area contributed by atoms with Crippen molar-refractivity contribution in [1.82, 2.24) is 25.5 Å². The molecular weight excluding hydrogens is 284 g/mol. The molecule has 2 rings (SSSR count). The predicted octanol–water partition coefficient (Wildman–Crippen LogP) is -1.15. The molecule has 1 aromatic heterocycles. The molecule has 2 amide bonds. The van der Waals surface area contributed by atoms with Crippen LogP contribution in [0.3, 0.4) is 0 Å². The van der Waals surface area contributed by atoms with Gasteiger partial charge in [0.05, 0.1) is 6.54 Å². The van der Waals surface area contributed by atoms with Gasteiger partial charge in [0, 0.05) is 58.6 Å². The van der Waals surface area contributed by atoms with Gasteiger partial charge in [-0.2, -0.15) is 0 Å². The van der Waals surface area contributed by atoms with E-state index in [1.165, 1.54) is 6.92 Å². The van der Waals surface area contributed by atoms with Crippen molar-refractivity contribution in [3.8, 4) is 0 Å². The van der Waals surface area contributed by atoms with E-state index in [-0.39, 0.29) is 11.8 Å². The molecule has 1 aromatic rings. The van der Waals surface area contributed by atoms with E-state index in [9.17, 15) is 9.59 Å². The molecule has 22 heavy (non-hydrogen) atoms. The Morgan fingerprint density at radius 2 is 1.73 bits per heavy atom. The molecule has 0 atom stereocenters. The van der Waals surface area contributed by atoms with Crippen LogP contribution in [0.2, 0.25) is 0 Å². The Kier molecular flexibility index (Phi) is 6.08. The van der Waals surface area contributed by atoms with Crippen LogP contribution < -0.4 is 15.5 Å². The number of rotatable bonds is 6. The van der Waals surface area contributed by atoms with Crippen LogP contribution in [-0.4, -0.2) is 72.5 Å². The molecule has 1 aliphatic rings. The van der Waals surface area contributed by atoms with Gasteiger partial charge >= 0.3 is 0 Å². The van der Waals surface area contributed by atoms with Crippen molar-refractivity contribution in [2.45, 2.75) is 6.92 Å². The van der Waals surface area contributed by atoms with Gasteiger partial charge in [0.1, 0.15) is 0 Å². The summed E-state index contributed by atoms with van der Waals surface area (Å²) in [6.07, 6.45) is 3.47. The zero-order valence-electron chi connectivity index (χ0n) is 12.8. The summed E-state index contributed by atoms with van der Waals surface area (Å²) in [5.74, 6) is 0.630. The largest absolute Gasteiger partial charge is 0.355 e. The molecule has 8 heteroatoms. The van der Waals surface area contributed by atoms with E-state index in [2.05, 4.69) is 30.4 Å². The Balaban J connectivity index is 1.64. The normalized spacial score (nSPS) is 15.4. The molecule has 1 saturated heterocycles. The standard InChI is InChI=1S/C14H22N6O2/c1-12(21)15-5-6-16-13(22)11-19-7-9-20(10-8-19)14-17-3-2-4-18-14/h2-4H,5-11H2,1H3,(H,15,21)(H,16,22). The van der Waals surface area contributed by atoms with Crippen LogP contribution >= 0.6 is 0 Å². The first kappa shape index (κ1) is 16.2. The van der Waals surface area contributed by atoms with Crippen LogP contribution in [0.1, 0.15) is 6.92 Å². The molecular formula is C14H22N6O2. The molecule has 1 aliphatic heterocycles. The van der Waals surface area contributed by atoms with Gasteiger partial charge in [-0.05, 0) is 6.07 Å².